The van der Waals surface area contributed by atoms with Crippen LogP contribution in [0, 0.1) is 22.7 Å². The Morgan fingerprint density at radius 1 is 0.706 bits per heavy atom. The van der Waals surface area contributed by atoms with E-state index in [2.05, 4.69) is 75.2 Å². The summed E-state index contributed by atoms with van der Waals surface area (Å²) in [4.78, 5) is 73.5. The number of carbonyl (C=O) groups excluding carboxylic acids is 4. The fourth-order valence-corrected chi connectivity index (χ4v) is 10.2. The van der Waals surface area contributed by atoms with Gasteiger partial charge in [0.15, 0.2) is 0 Å². The normalized spacial score (nSPS) is 20.9. The van der Waals surface area contributed by atoms with Gasteiger partial charge in [-0.2, -0.15) is 67.5 Å². The summed E-state index contributed by atoms with van der Waals surface area (Å²) in [5, 5.41) is 7.58. The zero-order chi connectivity index (χ0) is 44.2. The Balaban J connectivity index is 0.00000202. The summed E-state index contributed by atoms with van der Waals surface area (Å²) in [7, 11) is 2.61. The van der Waals surface area contributed by atoms with Crippen molar-refractivity contribution < 1.29 is 33.4 Å². The third-order valence-corrected chi connectivity index (χ3v) is 14.0. The molecule has 3 aliphatic heterocycles. The number of amides is 4. The van der Waals surface area contributed by atoms with E-state index in [-0.39, 0.29) is 114 Å². The zero-order valence-electron chi connectivity index (χ0n) is 39.5. The van der Waals surface area contributed by atoms with Crippen LogP contribution in [0.4, 0.5) is 9.59 Å². The average Bonchev–Trinajstić information content (AvgIpc) is 3.70. The maximum Gasteiger partial charge on any atom is 0.407 e. The van der Waals surface area contributed by atoms with Crippen molar-refractivity contribution in [1.29, 1.82) is 0 Å². The van der Waals surface area contributed by atoms with Crippen molar-refractivity contribution in [2.75, 3.05) is 40.5 Å². The molecule has 9 rings (SSSR count). The SMILES string of the molecule is COC(=O)N[C@H](C(=O)N1CC2(CC2)C[C@H]1c1ncc(-c2ccc(-c3ccc4c(ccc5[nH]c([C@@H]6C[C@@]7(CCCOC7)CN6C(=O)[C@@H](NC(=O)OC)C(C)C)nc54)c3)cc2)[nH]1)C(C)C.S.S.S.S.S. The number of rotatable bonds is 10. The Bertz CT molecular complexity index is 2560. The lowest BCUT2D eigenvalue weighted by Gasteiger charge is -2.33. The van der Waals surface area contributed by atoms with Gasteiger partial charge < -0.3 is 44.6 Å². The van der Waals surface area contributed by atoms with Crippen LogP contribution in [0.2, 0.25) is 0 Å². The second kappa shape index (κ2) is 22.7. The van der Waals surface area contributed by atoms with E-state index in [9.17, 15) is 19.2 Å². The van der Waals surface area contributed by atoms with Crippen molar-refractivity contribution in [3.63, 3.8) is 0 Å². The summed E-state index contributed by atoms with van der Waals surface area (Å²) in [5.41, 5.74) is 5.64. The number of hydrogen-bond acceptors (Lipinski definition) is 9. The molecule has 4 amide bonds. The van der Waals surface area contributed by atoms with Crippen LogP contribution < -0.4 is 10.6 Å². The molecule has 4 fully saturated rings. The summed E-state index contributed by atoms with van der Waals surface area (Å²) in [6.45, 7) is 10.2. The first-order valence-electron chi connectivity index (χ1n) is 22.3. The first-order chi connectivity index (χ1) is 30.3. The van der Waals surface area contributed by atoms with E-state index in [4.69, 9.17) is 24.2 Å². The minimum absolute atomic E-state index is 0. The van der Waals surface area contributed by atoms with Crippen LogP contribution >= 0.6 is 67.5 Å². The molecule has 5 heterocycles. The largest absolute Gasteiger partial charge is 0.453 e. The van der Waals surface area contributed by atoms with E-state index >= 15 is 0 Å². The molecule has 0 radical (unpaired) electrons. The van der Waals surface area contributed by atoms with Gasteiger partial charge in [0.2, 0.25) is 11.8 Å². The molecule has 20 heteroatoms. The predicted octanol–water partition coefficient (Wildman–Crippen LogP) is 8.22. The Kier molecular flexibility index (Phi) is 18.8. The first kappa shape index (κ1) is 56.4. The van der Waals surface area contributed by atoms with Crippen LogP contribution in [0.15, 0.2) is 60.8 Å². The van der Waals surface area contributed by atoms with Gasteiger partial charge in [-0.15, -0.1) is 0 Å². The highest BCUT2D eigenvalue weighted by Crippen LogP contribution is 2.58. The van der Waals surface area contributed by atoms with E-state index in [1.807, 2.05) is 43.7 Å². The molecule has 2 spiro atoms. The number of H-pyrrole nitrogens is 2. The molecule has 3 aromatic carbocycles. The lowest BCUT2D eigenvalue weighted by molar-refractivity contribution is -0.136. The van der Waals surface area contributed by atoms with Crippen LogP contribution in [-0.4, -0.2) is 106 Å². The highest BCUT2D eigenvalue weighted by molar-refractivity contribution is 7.60. The maximum absolute atomic E-state index is 14.3. The molecule has 1 saturated carbocycles. The number of ether oxygens (including phenoxy) is 3. The summed E-state index contributed by atoms with van der Waals surface area (Å²) in [6, 6.07) is 17.0. The molecule has 372 valence electrons. The van der Waals surface area contributed by atoms with Crippen molar-refractivity contribution in [3.8, 4) is 22.4 Å². The highest BCUT2D eigenvalue weighted by atomic mass is 32.1. The number of likely N-dealkylation sites (tertiary alicyclic amines) is 2. The van der Waals surface area contributed by atoms with Gasteiger partial charge in [-0.3, -0.25) is 9.59 Å². The Hall–Kier alpha value is -4.21. The third kappa shape index (κ3) is 11.0. The number of imidazole rings is 2. The summed E-state index contributed by atoms with van der Waals surface area (Å²) < 4.78 is 15.7. The van der Waals surface area contributed by atoms with E-state index in [1.54, 1.807) is 0 Å². The molecule has 4 aliphatic rings. The van der Waals surface area contributed by atoms with Crippen LogP contribution in [0.5, 0.6) is 0 Å². The Morgan fingerprint density at radius 3 is 1.82 bits per heavy atom. The predicted molar refractivity (Wildman–Crippen MR) is 289 cm³/mol. The van der Waals surface area contributed by atoms with Gasteiger partial charge in [0, 0.05) is 30.5 Å². The first-order valence-corrected chi connectivity index (χ1v) is 22.3. The molecule has 68 heavy (non-hydrogen) atoms. The topological polar surface area (TPSA) is 184 Å². The van der Waals surface area contributed by atoms with E-state index in [0.717, 1.165) is 94.5 Å². The number of carbonyl (C=O) groups is 4. The monoisotopic (exact) mass is 1030 g/mol. The quantitative estimate of drug-likeness (QED) is 0.107. The van der Waals surface area contributed by atoms with E-state index in [0.29, 0.717) is 26.1 Å². The molecule has 15 nitrogen and oxygen atoms in total. The molecule has 0 unspecified atom stereocenters. The molecule has 2 aromatic heterocycles. The van der Waals surface area contributed by atoms with Gasteiger partial charge in [-0.05, 0) is 90.0 Å². The number of benzene rings is 3. The number of fused-ring (bicyclic) bond motifs is 3. The summed E-state index contributed by atoms with van der Waals surface area (Å²) in [5.74, 6) is 0.951. The van der Waals surface area contributed by atoms with Gasteiger partial charge in [0.1, 0.15) is 23.7 Å². The van der Waals surface area contributed by atoms with Crippen molar-refractivity contribution in [1.82, 2.24) is 40.4 Å². The lowest BCUT2D eigenvalue weighted by atomic mass is 9.80. The zero-order valence-corrected chi connectivity index (χ0v) is 44.5. The number of nitrogens with zero attached hydrogens (tertiary/aromatic N) is 4. The minimum atomic E-state index is -0.744. The molecule has 5 aromatic rings. The van der Waals surface area contributed by atoms with Gasteiger partial charge in [0.25, 0.3) is 0 Å². The molecule has 3 saturated heterocycles. The van der Waals surface area contributed by atoms with Crippen molar-refractivity contribution in [3.05, 3.63) is 72.4 Å². The van der Waals surface area contributed by atoms with Gasteiger partial charge in [0.05, 0.1) is 55.8 Å². The number of aromatic amines is 2. The van der Waals surface area contributed by atoms with E-state index < -0.39 is 24.3 Å². The highest BCUT2D eigenvalue weighted by Gasteiger charge is 2.55. The van der Waals surface area contributed by atoms with Gasteiger partial charge >= 0.3 is 12.2 Å². The van der Waals surface area contributed by atoms with Crippen LogP contribution in [-0.2, 0) is 23.8 Å². The van der Waals surface area contributed by atoms with Crippen molar-refractivity contribution in [2.45, 2.75) is 90.4 Å². The average molecular weight is 1030 g/mol. The summed E-state index contributed by atoms with van der Waals surface area (Å²) >= 11 is 0. The number of alkyl carbamates (subject to hydrolysis) is 2. The fraction of sp³-hybridized carbons (Fsp3) is 0.500. The number of methoxy groups -OCH3 is 2. The standard InChI is InChI=1S/C48H58N8O7.5H2S/c1-27(2)38(53-45(59)61-5)43(57)55-24-47(17-18-47)21-36(55)41-49-23-35(51-41)30-10-8-29(9-11-30)31-12-14-33-32(20-31)13-15-34-40(33)52-42(50-34)37-22-48(16-7-19-63-26-48)25-56(37)44(58)39(28(3)4)54-46(60)62-6;;;;;/h8-15,20,23,27-28,36-39H,7,16-19,21-22,24-26H2,1-6H3,(H,49,51)(H,50,52)(H,53,59)(H,54,60);5*1H2/t36-,37-,38-,39-,48-;;;;;/m0...../s1. The molecule has 0 bridgehead atoms. The van der Waals surface area contributed by atoms with Crippen molar-refractivity contribution in [2.24, 2.45) is 22.7 Å². The second-order valence-electron chi connectivity index (χ2n) is 19.0. The van der Waals surface area contributed by atoms with Gasteiger partial charge in [-0.1, -0.05) is 70.2 Å². The van der Waals surface area contributed by atoms with Crippen molar-refractivity contribution >= 4 is 113 Å². The molecule has 4 N–H and O–H groups in total. The lowest BCUT2D eigenvalue weighted by Crippen LogP contribution is -2.51. The number of nitrogens with one attached hydrogen (secondary N) is 4. The van der Waals surface area contributed by atoms with Gasteiger partial charge in [-0.25, -0.2) is 19.6 Å². The number of aromatic nitrogens is 4. The smallest absolute Gasteiger partial charge is 0.407 e. The minimum Gasteiger partial charge on any atom is -0.453 e. The Morgan fingerprint density at radius 2 is 1.26 bits per heavy atom. The summed E-state index contributed by atoms with van der Waals surface area (Å²) in [6.07, 6.45) is 6.20. The number of hydrogen-bond donors (Lipinski definition) is 4. The molecular formula is C48H68N8O7S5. The maximum atomic E-state index is 14.3. The molecule has 5 atom stereocenters. The Labute approximate surface area is 433 Å². The van der Waals surface area contributed by atoms with E-state index in [1.165, 1.54) is 14.2 Å². The molecule has 1 aliphatic carbocycles. The third-order valence-electron chi connectivity index (χ3n) is 14.0. The fourth-order valence-electron chi connectivity index (χ4n) is 10.2. The molecular weight excluding hydrogens is 961 g/mol. The van der Waals surface area contributed by atoms with Crippen LogP contribution in [0.3, 0.4) is 0 Å². The second-order valence-corrected chi connectivity index (χ2v) is 19.0. The van der Waals surface area contributed by atoms with Crippen LogP contribution in [0.25, 0.3) is 44.2 Å². The van der Waals surface area contributed by atoms with Crippen LogP contribution in [0.1, 0.15) is 90.0 Å².